The van der Waals surface area contributed by atoms with E-state index in [1.165, 1.54) is 7.11 Å². The highest BCUT2D eigenvalue weighted by Gasteiger charge is 2.33. The van der Waals surface area contributed by atoms with Gasteiger partial charge in [-0.25, -0.2) is 8.42 Å². The summed E-state index contributed by atoms with van der Waals surface area (Å²) >= 11 is 0. The Labute approximate surface area is 155 Å². The second kappa shape index (κ2) is 8.37. The van der Waals surface area contributed by atoms with E-state index in [0.717, 1.165) is 9.87 Å². The second-order valence-electron chi connectivity index (χ2n) is 6.03. The Morgan fingerprint density at radius 2 is 1.88 bits per heavy atom. The van der Waals surface area contributed by atoms with Crippen molar-refractivity contribution in [1.82, 2.24) is 4.31 Å². The average Bonchev–Trinajstić information content (AvgIpc) is 2.65. The molecule has 0 heterocycles. The number of aryl methyl sites for hydroxylation is 1. The Hall–Kier alpha value is -2.33. The zero-order valence-electron chi connectivity index (χ0n) is 15.1. The average molecular weight is 373 g/mol. The van der Waals surface area contributed by atoms with E-state index in [0.29, 0.717) is 11.3 Å². The summed E-state index contributed by atoms with van der Waals surface area (Å²) in [5.41, 5.74) is 1.51. The predicted molar refractivity (Wildman–Crippen MR) is 101 cm³/mol. The minimum Gasteiger partial charge on any atom is -0.497 e. The van der Waals surface area contributed by atoms with E-state index in [1.807, 2.05) is 6.92 Å². The van der Waals surface area contributed by atoms with Gasteiger partial charge in [0.25, 0.3) is 0 Å². The van der Waals surface area contributed by atoms with Crippen LogP contribution in [-0.4, -0.2) is 37.5 Å². The molecule has 6 heteroatoms. The lowest BCUT2D eigenvalue weighted by Crippen LogP contribution is -2.42. The van der Waals surface area contributed by atoms with Crippen molar-refractivity contribution in [3.63, 3.8) is 0 Å². The normalized spacial score (nSPS) is 13.8. The standard InChI is InChI=1S/C20H23NO4S/c1-5-13-21(26(23,24)19-11-9-15(2)10-12-19)16(3)20(22)17-7-6-8-18(14-17)25-4/h1,6-12,14,16,20,22H,13H2,2-4H3/t16-,20-/m0/s1. The molecule has 2 rings (SSSR count). The number of aliphatic hydroxyl groups is 1. The Bertz CT molecular complexity index is 885. The molecule has 0 amide bonds. The van der Waals surface area contributed by atoms with Gasteiger partial charge in [-0.3, -0.25) is 0 Å². The molecular weight excluding hydrogens is 350 g/mol. The van der Waals surface area contributed by atoms with Crippen molar-refractivity contribution in [3.05, 3.63) is 59.7 Å². The molecule has 0 aliphatic heterocycles. The summed E-state index contributed by atoms with van der Waals surface area (Å²) in [6, 6.07) is 12.7. The monoisotopic (exact) mass is 373 g/mol. The number of rotatable bonds is 7. The maximum Gasteiger partial charge on any atom is 0.244 e. The van der Waals surface area contributed by atoms with Crippen molar-refractivity contribution in [3.8, 4) is 18.1 Å². The molecule has 2 aromatic rings. The quantitative estimate of drug-likeness (QED) is 0.758. The first-order valence-corrected chi connectivity index (χ1v) is 9.59. The van der Waals surface area contributed by atoms with Crippen molar-refractivity contribution < 1.29 is 18.3 Å². The van der Waals surface area contributed by atoms with E-state index >= 15 is 0 Å². The van der Waals surface area contributed by atoms with Gasteiger partial charge in [-0.05, 0) is 43.7 Å². The fourth-order valence-corrected chi connectivity index (χ4v) is 4.19. The number of sulfonamides is 1. The first-order chi connectivity index (χ1) is 12.3. The molecule has 0 radical (unpaired) electrons. The summed E-state index contributed by atoms with van der Waals surface area (Å²) in [5.74, 6) is 2.96. The van der Waals surface area contributed by atoms with Crippen molar-refractivity contribution in [2.24, 2.45) is 0 Å². The molecule has 0 saturated heterocycles. The highest BCUT2D eigenvalue weighted by Crippen LogP contribution is 2.28. The van der Waals surface area contributed by atoms with Gasteiger partial charge in [-0.2, -0.15) is 4.31 Å². The molecule has 0 aliphatic rings. The molecule has 0 aromatic heterocycles. The molecule has 1 N–H and O–H groups in total. The van der Waals surface area contributed by atoms with Gasteiger partial charge in [-0.1, -0.05) is 35.7 Å². The lowest BCUT2D eigenvalue weighted by molar-refractivity contribution is 0.103. The number of nitrogens with zero attached hydrogens (tertiary/aromatic N) is 1. The van der Waals surface area contributed by atoms with Crippen LogP contribution in [0.2, 0.25) is 0 Å². The first-order valence-electron chi connectivity index (χ1n) is 8.15. The fraction of sp³-hybridized carbons (Fsp3) is 0.300. The Morgan fingerprint density at radius 3 is 2.46 bits per heavy atom. The smallest absolute Gasteiger partial charge is 0.244 e. The van der Waals surface area contributed by atoms with E-state index in [2.05, 4.69) is 5.92 Å². The van der Waals surface area contributed by atoms with E-state index in [4.69, 9.17) is 11.2 Å². The number of ether oxygens (including phenoxy) is 1. The molecule has 0 saturated carbocycles. The van der Waals surface area contributed by atoms with Crippen LogP contribution in [0.3, 0.4) is 0 Å². The summed E-state index contributed by atoms with van der Waals surface area (Å²) in [5, 5.41) is 10.7. The van der Waals surface area contributed by atoms with Crippen LogP contribution < -0.4 is 4.74 Å². The number of benzene rings is 2. The molecule has 26 heavy (non-hydrogen) atoms. The lowest BCUT2D eigenvalue weighted by atomic mass is 10.0. The van der Waals surface area contributed by atoms with Crippen LogP contribution in [0.1, 0.15) is 24.2 Å². The van der Waals surface area contributed by atoms with E-state index in [1.54, 1.807) is 55.5 Å². The topological polar surface area (TPSA) is 66.8 Å². The molecule has 0 bridgehead atoms. The maximum absolute atomic E-state index is 13.0. The van der Waals surface area contributed by atoms with Gasteiger partial charge in [0.05, 0.1) is 30.7 Å². The molecule has 5 nitrogen and oxygen atoms in total. The van der Waals surface area contributed by atoms with Gasteiger partial charge in [0, 0.05) is 0 Å². The minimum absolute atomic E-state index is 0.140. The Balaban J connectivity index is 2.38. The highest BCUT2D eigenvalue weighted by molar-refractivity contribution is 7.89. The van der Waals surface area contributed by atoms with Gasteiger partial charge in [0.15, 0.2) is 0 Å². The number of hydrogen-bond acceptors (Lipinski definition) is 4. The largest absolute Gasteiger partial charge is 0.497 e. The zero-order chi connectivity index (χ0) is 19.3. The number of methoxy groups -OCH3 is 1. The van der Waals surface area contributed by atoms with Gasteiger partial charge < -0.3 is 9.84 Å². The SMILES string of the molecule is C#CCN([C@@H](C)[C@H](O)c1cccc(OC)c1)S(=O)(=O)c1ccc(C)cc1. The van der Waals surface area contributed by atoms with Crippen LogP contribution >= 0.6 is 0 Å². The van der Waals surface area contributed by atoms with Crippen LogP contribution in [0, 0.1) is 19.3 Å². The maximum atomic E-state index is 13.0. The fourth-order valence-electron chi connectivity index (χ4n) is 2.64. The number of aliphatic hydroxyl groups excluding tert-OH is 1. The predicted octanol–water partition coefficient (Wildman–Crippen LogP) is 2.75. The van der Waals surface area contributed by atoms with Crippen LogP contribution in [0.5, 0.6) is 5.75 Å². The molecule has 0 aliphatic carbocycles. The third kappa shape index (κ3) is 4.25. The molecule has 138 valence electrons. The highest BCUT2D eigenvalue weighted by atomic mass is 32.2. The molecule has 2 aromatic carbocycles. The minimum atomic E-state index is -3.85. The summed E-state index contributed by atoms with van der Waals surface area (Å²) in [6.45, 7) is 3.37. The van der Waals surface area contributed by atoms with Crippen LogP contribution in [0.25, 0.3) is 0 Å². The van der Waals surface area contributed by atoms with Crippen molar-refractivity contribution >= 4 is 10.0 Å². The van der Waals surface area contributed by atoms with E-state index in [-0.39, 0.29) is 11.4 Å². The third-order valence-electron chi connectivity index (χ3n) is 4.22. The van der Waals surface area contributed by atoms with Gasteiger partial charge in [0.1, 0.15) is 5.75 Å². The first kappa shape index (κ1) is 20.0. The Morgan fingerprint density at radius 1 is 1.23 bits per heavy atom. The lowest BCUT2D eigenvalue weighted by Gasteiger charge is -2.30. The van der Waals surface area contributed by atoms with E-state index in [9.17, 15) is 13.5 Å². The zero-order valence-corrected chi connectivity index (χ0v) is 15.9. The molecule has 0 fully saturated rings. The summed E-state index contributed by atoms with van der Waals surface area (Å²) in [6.07, 6.45) is 4.34. The van der Waals surface area contributed by atoms with Crippen molar-refractivity contribution in [1.29, 1.82) is 0 Å². The third-order valence-corrected chi connectivity index (χ3v) is 6.17. The van der Waals surface area contributed by atoms with Gasteiger partial charge in [0.2, 0.25) is 10.0 Å². The van der Waals surface area contributed by atoms with Crippen LogP contribution in [-0.2, 0) is 10.0 Å². The number of hydrogen-bond donors (Lipinski definition) is 1. The summed E-state index contributed by atoms with van der Waals surface area (Å²) in [7, 11) is -2.32. The van der Waals surface area contributed by atoms with Crippen molar-refractivity contribution in [2.75, 3.05) is 13.7 Å². The summed E-state index contributed by atoms with van der Waals surface area (Å²) < 4.78 is 32.4. The van der Waals surface area contributed by atoms with Crippen LogP contribution in [0.4, 0.5) is 0 Å². The summed E-state index contributed by atoms with van der Waals surface area (Å²) in [4.78, 5) is 0.142. The molecule has 0 spiro atoms. The second-order valence-corrected chi connectivity index (χ2v) is 7.92. The van der Waals surface area contributed by atoms with Crippen LogP contribution in [0.15, 0.2) is 53.4 Å². The molecular formula is C20H23NO4S. The molecule has 0 unspecified atom stereocenters. The Kier molecular flexibility index (Phi) is 6.43. The van der Waals surface area contributed by atoms with Gasteiger partial charge >= 0.3 is 0 Å². The number of terminal acetylenes is 1. The van der Waals surface area contributed by atoms with E-state index < -0.39 is 22.2 Å². The molecule has 2 atom stereocenters. The van der Waals surface area contributed by atoms with Crippen molar-refractivity contribution in [2.45, 2.75) is 30.9 Å². The van der Waals surface area contributed by atoms with Gasteiger partial charge in [-0.15, -0.1) is 6.42 Å².